The molecule has 0 fully saturated rings. The van der Waals surface area contributed by atoms with Crippen LogP contribution < -0.4 is 0 Å². The Morgan fingerprint density at radius 1 is 1.36 bits per heavy atom. The number of carbonyl (C=O) groups is 1. The highest BCUT2D eigenvalue weighted by molar-refractivity contribution is 7.81. The maximum Gasteiger partial charge on any atom is 0.173 e. The number of rotatable bonds is 2. The molecule has 0 aliphatic heterocycles. The molecule has 0 aliphatic carbocycles. The van der Waals surface area contributed by atoms with E-state index < -0.39 is 0 Å². The Bertz CT molecular complexity index is 255. The molecule has 11 heavy (non-hydrogen) atoms. The zero-order chi connectivity index (χ0) is 8.27. The van der Waals surface area contributed by atoms with E-state index in [1.807, 2.05) is 0 Å². The first kappa shape index (κ1) is 8.27. The zero-order valence-corrected chi connectivity index (χ0v) is 6.53. The van der Waals surface area contributed by atoms with Crippen LogP contribution >= 0.6 is 12.6 Å². The highest BCUT2D eigenvalue weighted by atomic mass is 32.1. The number of halogens is 1. The fourth-order valence-corrected chi connectivity index (χ4v) is 0.886. The van der Waals surface area contributed by atoms with Gasteiger partial charge < -0.3 is 0 Å². The van der Waals surface area contributed by atoms with E-state index in [1.54, 1.807) is 0 Å². The minimum atomic E-state index is -0.342. The molecule has 0 aliphatic rings. The molecule has 0 heterocycles. The number of carbonyl (C=O) groups excluding carboxylic acids is 1. The van der Waals surface area contributed by atoms with Gasteiger partial charge in [0.05, 0.1) is 5.75 Å². The van der Waals surface area contributed by atoms with Crippen LogP contribution in [0.25, 0.3) is 0 Å². The molecule has 57 valence electrons. The number of ketones is 1. The van der Waals surface area contributed by atoms with Crippen LogP contribution in [-0.4, -0.2) is 11.5 Å². The van der Waals surface area contributed by atoms with E-state index in [-0.39, 0.29) is 17.4 Å². The minimum Gasteiger partial charge on any atom is -0.293 e. The van der Waals surface area contributed by atoms with Gasteiger partial charge in [-0.1, -0.05) is 12.6 Å². The van der Waals surface area contributed by atoms with Crippen LogP contribution in [0.15, 0.2) is 24.3 Å². The first-order valence-corrected chi connectivity index (χ1v) is 3.68. The average Bonchev–Trinajstić information content (AvgIpc) is 2.05. The first-order valence-electron chi connectivity index (χ1n) is 3.11. The predicted molar refractivity (Wildman–Crippen MR) is 43.2 cm³/mol. The van der Waals surface area contributed by atoms with Crippen molar-refractivity contribution < 1.29 is 9.18 Å². The van der Waals surface area contributed by atoms with Crippen LogP contribution in [0.1, 0.15) is 10.4 Å². The van der Waals surface area contributed by atoms with Crippen molar-refractivity contribution in [2.75, 3.05) is 5.75 Å². The third-order valence-electron chi connectivity index (χ3n) is 1.30. The summed E-state index contributed by atoms with van der Waals surface area (Å²) in [5.41, 5.74) is 0.474. The van der Waals surface area contributed by atoms with Gasteiger partial charge in [-0.25, -0.2) is 4.39 Å². The van der Waals surface area contributed by atoms with Crippen molar-refractivity contribution in [3.05, 3.63) is 35.6 Å². The maximum absolute atomic E-state index is 12.3. The fourth-order valence-electron chi connectivity index (χ4n) is 0.719. The van der Waals surface area contributed by atoms with E-state index in [1.165, 1.54) is 24.3 Å². The summed E-state index contributed by atoms with van der Waals surface area (Å²) in [4.78, 5) is 10.9. The van der Waals surface area contributed by atoms with Gasteiger partial charge in [-0.2, -0.15) is 0 Å². The molecule has 3 heteroatoms. The summed E-state index contributed by atoms with van der Waals surface area (Å²) in [7, 11) is 0. The number of Topliss-reactive ketones (excluding diaryl/α,β-unsaturated/α-hetero) is 1. The van der Waals surface area contributed by atoms with E-state index >= 15 is 0 Å². The first-order chi connectivity index (χ1) is 5.24. The Balaban J connectivity index is 2.90. The molecule has 0 saturated carbocycles. The van der Waals surface area contributed by atoms with Crippen LogP contribution in [0, 0.1) is 5.82 Å². The van der Waals surface area contributed by atoms with E-state index in [9.17, 15) is 9.18 Å². The molecule has 0 amide bonds. The van der Waals surface area contributed by atoms with Crippen molar-refractivity contribution in [3.8, 4) is 0 Å². The number of hydrogen-bond acceptors (Lipinski definition) is 1. The molecule has 1 nitrogen and oxygen atoms in total. The lowest BCUT2D eigenvalue weighted by Crippen LogP contribution is -1.99. The molecule has 0 atom stereocenters. The molecule has 1 aromatic carbocycles. The number of benzene rings is 1. The Kier molecular flexibility index (Phi) is 2.65. The van der Waals surface area contributed by atoms with Gasteiger partial charge in [0, 0.05) is 5.56 Å². The third kappa shape index (κ3) is 2.05. The maximum atomic E-state index is 12.3. The summed E-state index contributed by atoms with van der Waals surface area (Å²) in [6.45, 7) is 0. The van der Waals surface area contributed by atoms with Crippen LogP contribution in [0.3, 0.4) is 0 Å². The third-order valence-corrected chi connectivity index (χ3v) is 1.56. The monoisotopic (exact) mass is 169 g/mol. The summed E-state index contributed by atoms with van der Waals surface area (Å²) < 4.78 is 12.3. The van der Waals surface area contributed by atoms with E-state index in [0.717, 1.165) is 0 Å². The van der Waals surface area contributed by atoms with Gasteiger partial charge in [-0.15, -0.1) is 0 Å². The van der Waals surface area contributed by atoms with Gasteiger partial charge in [0.25, 0.3) is 0 Å². The summed E-state index contributed by atoms with van der Waals surface area (Å²) in [6.07, 6.45) is 0. The van der Waals surface area contributed by atoms with Crippen LogP contribution in [0.2, 0.25) is 0 Å². The molecule has 0 N–H and O–H groups in total. The second-order valence-corrected chi connectivity index (χ2v) is 2.36. The Labute approximate surface area is 69.6 Å². The SMILES string of the molecule is O=C(C[S])c1ccc(F)cc1. The fraction of sp³-hybridized carbons (Fsp3) is 0.125. The van der Waals surface area contributed by atoms with Gasteiger partial charge in [-0.3, -0.25) is 4.79 Å². The van der Waals surface area contributed by atoms with E-state index in [0.29, 0.717) is 5.56 Å². The normalized spacial score (nSPS) is 9.64. The van der Waals surface area contributed by atoms with Crippen molar-refractivity contribution in [3.63, 3.8) is 0 Å². The second-order valence-electron chi connectivity index (χ2n) is 2.07. The zero-order valence-electron chi connectivity index (χ0n) is 5.71. The summed E-state index contributed by atoms with van der Waals surface area (Å²) in [6, 6.07) is 5.37. The lowest BCUT2D eigenvalue weighted by atomic mass is 10.1. The Hall–Kier alpha value is -0.830. The average molecular weight is 169 g/mol. The Morgan fingerprint density at radius 3 is 2.36 bits per heavy atom. The minimum absolute atomic E-state index is 0.0473. The summed E-state index contributed by atoms with van der Waals surface area (Å²) in [5.74, 6) is -0.433. The van der Waals surface area contributed by atoms with Gasteiger partial charge in [0.2, 0.25) is 0 Å². The highest BCUT2D eigenvalue weighted by Gasteiger charge is 2.01. The van der Waals surface area contributed by atoms with E-state index in [2.05, 4.69) is 12.6 Å². The Morgan fingerprint density at radius 2 is 1.91 bits per heavy atom. The van der Waals surface area contributed by atoms with Crippen LogP contribution in [0.4, 0.5) is 4.39 Å². The predicted octanol–water partition coefficient (Wildman–Crippen LogP) is 2.21. The standard InChI is InChI=1S/C8H6FOS/c9-7-3-1-6(2-4-7)8(10)5-11/h1-4H,5H2. The molecule has 1 radical (unpaired) electrons. The van der Waals surface area contributed by atoms with Gasteiger partial charge >= 0.3 is 0 Å². The van der Waals surface area contributed by atoms with Crippen molar-refractivity contribution in [1.82, 2.24) is 0 Å². The van der Waals surface area contributed by atoms with Gasteiger partial charge in [0.15, 0.2) is 5.78 Å². The van der Waals surface area contributed by atoms with Crippen LogP contribution in [0.5, 0.6) is 0 Å². The van der Waals surface area contributed by atoms with Gasteiger partial charge in [0.1, 0.15) is 5.82 Å². The summed E-state index contributed by atoms with van der Waals surface area (Å²) in [5, 5.41) is 0. The smallest absolute Gasteiger partial charge is 0.173 e. The lowest BCUT2D eigenvalue weighted by molar-refractivity contribution is 0.102. The topological polar surface area (TPSA) is 17.1 Å². The second kappa shape index (κ2) is 3.53. The van der Waals surface area contributed by atoms with Crippen molar-refractivity contribution in [2.24, 2.45) is 0 Å². The molecule has 0 spiro atoms. The lowest BCUT2D eigenvalue weighted by Gasteiger charge is -1.94. The molecule has 1 rings (SSSR count). The molecule has 1 aromatic rings. The molecule has 0 saturated heterocycles. The molecule has 0 bridgehead atoms. The van der Waals surface area contributed by atoms with Gasteiger partial charge in [-0.05, 0) is 24.3 Å². The molecular weight excluding hydrogens is 163 g/mol. The van der Waals surface area contributed by atoms with Crippen LogP contribution in [-0.2, 0) is 0 Å². The summed E-state index contributed by atoms with van der Waals surface area (Å²) >= 11 is 4.55. The quantitative estimate of drug-likeness (QED) is 0.620. The number of hydrogen-bond donors (Lipinski definition) is 0. The van der Waals surface area contributed by atoms with Crippen molar-refractivity contribution in [2.45, 2.75) is 0 Å². The largest absolute Gasteiger partial charge is 0.293 e. The highest BCUT2D eigenvalue weighted by Crippen LogP contribution is 2.03. The van der Waals surface area contributed by atoms with Crippen molar-refractivity contribution >= 4 is 18.4 Å². The molecule has 0 aromatic heterocycles. The van der Waals surface area contributed by atoms with E-state index in [4.69, 9.17) is 0 Å². The molecule has 0 unspecified atom stereocenters. The van der Waals surface area contributed by atoms with Crippen molar-refractivity contribution in [1.29, 1.82) is 0 Å². The molecular formula is C8H6FOS.